The fourth-order valence-corrected chi connectivity index (χ4v) is 2.31. The van der Waals surface area contributed by atoms with Crippen LogP contribution in [0, 0.1) is 3.77 Å². The van der Waals surface area contributed by atoms with Gasteiger partial charge in [-0.15, -0.1) is 0 Å². The van der Waals surface area contributed by atoms with E-state index in [2.05, 4.69) is 22.6 Å². The first-order valence-corrected chi connectivity index (χ1v) is 7.00. The van der Waals surface area contributed by atoms with E-state index in [0.29, 0.717) is 18.9 Å². The summed E-state index contributed by atoms with van der Waals surface area (Å²) in [6.45, 7) is 5.21. The minimum absolute atomic E-state index is 0.00376. The van der Waals surface area contributed by atoms with Crippen molar-refractivity contribution in [2.75, 3.05) is 13.2 Å². The van der Waals surface area contributed by atoms with Crippen molar-refractivity contribution in [2.24, 2.45) is 0 Å². The second-order valence-electron chi connectivity index (χ2n) is 4.46. The lowest BCUT2D eigenvalue weighted by molar-refractivity contribution is -0.137. The molecule has 98 valence electrons. The molecule has 0 saturated carbocycles. The molecule has 2 unspecified atom stereocenters. The Morgan fingerprint density at radius 1 is 1.50 bits per heavy atom. The van der Waals surface area contributed by atoms with Crippen molar-refractivity contribution in [1.29, 1.82) is 0 Å². The number of carbonyl (C=O) groups excluding carboxylic acids is 1. The molecule has 1 saturated heterocycles. The van der Waals surface area contributed by atoms with Crippen molar-refractivity contribution in [1.82, 2.24) is 4.90 Å². The summed E-state index contributed by atoms with van der Waals surface area (Å²) in [6.07, 6.45) is 3.36. The molecule has 4 nitrogen and oxygen atoms in total. The van der Waals surface area contributed by atoms with Crippen molar-refractivity contribution < 1.29 is 13.9 Å². The van der Waals surface area contributed by atoms with E-state index in [1.54, 1.807) is 12.2 Å². The number of carbonyl (C=O) groups is 1. The SMILES string of the molecule is CC1CN(C(=O)/C=C/c2ccc(I)o2)C(C)CO1. The quantitative estimate of drug-likeness (QED) is 0.601. The van der Waals surface area contributed by atoms with Gasteiger partial charge in [0, 0.05) is 12.6 Å². The third kappa shape index (κ3) is 3.35. The van der Waals surface area contributed by atoms with E-state index < -0.39 is 0 Å². The molecule has 0 aliphatic carbocycles. The molecule has 1 amide bonds. The summed E-state index contributed by atoms with van der Waals surface area (Å²) < 4.78 is 11.7. The van der Waals surface area contributed by atoms with Gasteiger partial charge < -0.3 is 14.1 Å². The van der Waals surface area contributed by atoms with E-state index >= 15 is 0 Å². The topological polar surface area (TPSA) is 42.7 Å². The summed E-state index contributed by atoms with van der Waals surface area (Å²) in [5.41, 5.74) is 0. The van der Waals surface area contributed by atoms with Crippen LogP contribution in [0.4, 0.5) is 0 Å². The molecule has 0 spiro atoms. The lowest BCUT2D eigenvalue weighted by atomic mass is 10.2. The Morgan fingerprint density at radius 2 is 2.28 bits per heavy atom. The van der Waals surface area contributed by atoms with Gasteiger partial charge in [-0.2, -0.15) is 0 Å². The van der Waals surface area contributed by atoms with Crippen LogP contribution in [0.2, 0.25) is 0 Å². The summed E-state index contributed by atoms with van der Waals surface area (Å²) in [5, 5.41) is 0. The van der Waals surface area contributed by atoms with E-state index in [-0.39, 0.29) is 18.1 Å². The molecule has 2 rings (SSSR count). The third-order valence-electron chi connectivity index (χ3n) is 2.88. The van der Waals surface area contributed by atoms with Gasteiger partial charge in [-0.05, 0) is 54.6 Å². The van der Waals surface area contributed by atoms with Gasteiger partial charge in [0.2, 0.25) is 5.91 Å². The normalized spacial score (nSPS) is 24.7. The van der Waals surface area contributed by atoms with Crippen LogP contribution in [0.15, 0.2) is 22.6 Å². The fraction of sp³-hybridized carbons (Fsp3) is 0.462. The zero-order valence-electron chi connectivity index (χ0n) is 10.4. The molecule has 0 bridgehead atoms. The molecule has 18 heavy (non-hydrogen) atoms. The molecule has 2 heterocycles. The fourth-order valence-electron chi connectivity index (χ4n) is 1.88. The van der Waals surface area contributed by atoms with Crippen LogP contribution < -0.4 is 0 Å². The van der Waals surface area contributed by atoms with Crippen LogP contribution in [-0.4, -0.2) is 36.1 Å². The smallest absolute Gasteiger partial charge is 0.247 e. The highest BCUT2D eigenvalue weighted by Gasteiger charge is 2.25. The molecule has 1 aliphatic heterocycles. The van der Waals surface area contributed by atoms with Crippen molar-refractivity contribution in [3.63, 3.8) is 0 Å². The highest BCUT2D eigenvalue weighted by molar-refractivity contribution is 14.1. The van der Waals surface area contributed by atoms with Crippen molar-refractivity contribution in [3.8, 4) is 0 Å². The van der Waals surface area contributed by atoms with Crippen LogP contribution in [0.25, 0.3) is 6.08 Å². The Bertz CT molecular complexity index is 455. The molecule has 0 radical (unpaired) electrons. The van der Waals surface area contributed by atoms with Gasteiger partial charge in [-0.1, -0.05) is 0 Å². The van der Waals surface area contributed by atoms with Gasteiger partial charge in [0.1, 0.15) is 5.76 Å². The first kappa shape index (κ1) is 13.6. The Morgan fingerprint density at radius 3 is 2.94 bits per heavy atom. The molecule has 0 N–H and O–H groups in total. The van der Waals surface area contributed by atoms with E-state index in [1.807, 2.05) is 30.9 Å². The molecule has 0 aromatic carbocycles. The maximum absolute atomic E-state index is 12.1. The van der Waals surface area contributed by atoms with Gasteiger partial charge in [0.15, 0.2) is 3.77 Å². The lowest BCUT2D eigenvalue weighted by Crippen LogP contribution is -2.49. The number of ether oxygens (including phenoxy) is 1. The number of nitrogens with zero attached hydrogens (tertiary/aromatic N) is 1. The number of hydrogen-bond donors (Lipinski definition) is 0. The summed E-state index contributed by atoms with van der Waals surface area (Å²) in [4.78, 5) is 13.9. The zero-order valence-corrected chi connectivity index (χ0v) is 12.6. The number of rotatable bonds is 2. The monoisotopic (exact) mass is 361 g/mol. The minimum atomic E-state index is 0.00376. The second-order valence-corrected chi connectivity index (χ2v) is 5.52. The average molecular weight is 361 g/mol. The Kier molecular flexibility index (Phi) is 4.45. The number of morpholine rings is 1. The summed E-state index contributed by atoms with van der Waals surface area (Å²) in [6, 6.07) is 3.83. The summed E-state index contributed by atoms with van der Waals surface area (Å²) in [7, 11) is 0. The molecule has 1 aromatic heterocycles. The molecule has 1 aliphatic rings. The number of halogens is 1. The number of hydrogen-bond acceptors (Lipinski definition) is 3. The largest absolute Gasteiger partial charge is 0.451 e. The highest BCUT2D eigenvalue weighted by atomic mass is 127. The Labute approximate surface area is 120 Å². The first-order valence-electron chi connectivity index (χ1n) is 5.92. The van der Waals surface area contributed by atoms with E-state index in [4.69, 9.17) is 9.15 Å². The van der Waals surface area contributed by atoms with Gasteiger partial charge >= 0.3 is 0 Å². The molecule has 2 atom stereocenters. The average Bonchev–Trinajstić information content (AvgIpc) is 2.75. The van der Waals surface area contributed by atoms with Gasteiger partial charge in [0.05, 0.1) is 18.8 Å². The van der Waals surface area contributed by atoms with E-state index in [0.717, 1.165) is 3.77 Å². The second kappa shape index (κ2) is 5.88. The van der Waals surface area contributed by atoms with Crippen LogP contribution >= 0.6 is 22.6 Å². The van der Waals surface area contributed by atoms with Gasteiger partial charge in [-0.25, -0.2) is 0 Å². The molecule has 1 aromatic rings. The predicted octanol–water partition coefficient (Wildman–Crippen LogP) is 2.53. The van der Waals surface area contributed by atoms with Crippen molar-refractivity contribution in [2.45, 2.75) is 26.0 Å². The standard InChI is InChI=1S/C13H16INO3/c1-9-8-17-10(2)7-15(9)13(16)6-4-11-3-5-12(14)18-11/h3-6,9-10H,7-8H2,1-2H3/b6-4+. The molecule has 5 heteroatoms. The molecular weight excluding hydrogens is 345 g/mol. The zero-order chi connectivity index (χ0) is 13.1. The Balaban J connectivity index is 2.00. The van der Waals surface area contributed by atoms with Crippen molar-refractivity contribution in [3.05, 3.63) is 27.7 Å². The van der Waals surface area contributed by atoms with Crippen LogP contribution in [0.1, 0.15) is 19.6 Å². The molecule has 1 fully saturated rings. The van der Waals surface area contributed by atoms with Crippen LogP contribution in [0.3, 0.4) is 0 Å². The van der Waals surface area contributed by atoms with Gasteiger partial charge in [0.25, 0.3) is 0 Å². The Hall–Kier alpha value is -0.820. The van der Waals surface area contributed by atoms with Crippen molar-refractivity contribution >= 4 is 34.6 Å². The van der Waals surface area contributed by atoms with E-state index in [9.17, 15) is 4.79 Å². The highest BCUT2D eigenvalue weighted by Crippen LogP contribution is 2.14. The molecular formula is C13H16INO3. The number of amides is 1. The predicted molar refractivity (Wildman–Crippen MR) is 77.0 cm³/mol. The third-order valence-corrected chi connectivity index (χ3v) is 3.45. The van der Waals surface area contributed by atoms with E-state index in [1.165, 1.54) is 0 Å². The maximum atomic E-state index is 12.1. The summed E-state index contributed by atoms with van der Waals surface area (Å²) >= 11 is 2.09. The van der Waals surface area contributed by atoms with Gasteiger partial charge in [-0.3, -0.25) is 4.79 Å². The minimum Gasteiger partial charge on any atom is -0.451 e. The maximum Gasteiger partial charge on any atom is 0.247 e. The van der Waals surface area contributed by atoms with Crippen LogP contribution in [-0.2, 0) is 9.53 Å². The number of furan rings is 1. The first-order chi connectivity index (χ1) is 8.56. The lowest BCUT2D eigenvalue weighted by Gasteiger charge is -2.36. The van der Waals surface area contributed by atoms with Crippen LogP contribution in [0.5, 0.6) is 0 Å². The summed E-state index contributed by atoms with van der Waals surface area (Å²) in [5.74, 6) is 0.700.